The van der Waals surface area contributed by atoms with Crippen molar-refractivity contribution in [2.24, 2.45) is 5.41 Å². The van der Waals surface area contributed by atoms with E-state index in [1.165, 1.54) is 6.26 Å². The molecule has 0 rings (SSSR count). The Morgan fingerprint density at radius 2 is 1.80 bits per heavy atom. The molecule has 6 heteroatoms. The van der Waals surface area contributed by atoms with Crippen LogP contribution in [0.5, 0.6) is 0 Å². The van der Waals surface area contributed by atoms with Crippen LogP contribution in [0.15, 0.2) is 0 Å². The average molecular weight is 239 g/mol. The summed E-state index contributed by atoms with van der Waals surface area (Å²) in [5.74, 6) is 0.0555. The van der Waals surface area contributed by atoms with Crippen LogP contribution >= 0.6 is 0 Å². The SMILES string of the molecule is CC(CS(C)(=O)=O)NCC(C)(CO)CO. The summed E-state index contributed by atoms with van der Waals surface area (Å²) < 4.78 is 21.9. The molecule has 0 bridgehead atoms. The van der Waals surface area contributed by atoms with E-state index in [-0.39, 0.29) is 25.0 Å². The molecule has 1 atom stereocenters. The van der Waals surface area contributed by atoms with Crippen LogP contribution in [-0.4, -0.2) is 56.4 Å². The van der Waals surface area contributed by atoms with E-state index in [0.29, 0.717) is 6.54 Å². The zero-order valence-corrected chi connectivity index (χ0v) is 10.3. The molecule has 3 N–H and O–H groups in total. The highest BCUT2D eigenvalue weighted by Crippen LogP contribution is 2.12. The molecule has 5 nitrogen and oxygen atoms in total. The van der Waals surface area contributed by atoms with Crippen LogP contribution in [0, 0.1) is 5.41 Å². The summed E-state index contributed by atoms with van der Waals surface area (Å²) in [7, 11) is -2.99. The Bertz CT molecular complexity index is 272. The maximum atomic E-state index is 11.0. The van der Waals surface area contributed by atoms with Gasteiger partial charge in [0.25, 0.3) is 0 Å². The lowest BCUT2D eigenvalue weighted by Crippen LogP contribution is -2.43. The van der Waals surface area contributed by atoms with Crippen molar-refractivity contribution in [3.8, 4) is 0 Å². The van der Waals surface area contributed by atoms with E-state index in [2.05, 4.69) is 5.32 Å². The molecule has 0 radical (unpaired) electrons. The molecule has 0 saturated carbocycles. The second-order valence-electron chi connectivity index (χ2n) is 4.50. The Morgan fingerprint density at radius 3 is 2.13 bits per heavy atom. The minimum absolute atomic E-state index is 0.0555. The molecule has 92 valence electrons. The normalized spacial score (nSPS) is 15.3. The van der Waals surface area contributed by atoms with Crippen LogP contribution in [0.3, 0.4) is 0 Å². The van der Waals surface area contributed by atoms with Crippen LogP contribution in [0.4, 0.5) is 0 Å². The van der Waals surface area contributed by atoms with Crippen molar-refractivity contribution >= 4 is 9.84 Å². The molecule has 0 aromatic heterocycles. The summed E-state index contributed by atoms with van der Waals surface area (Å²) >= 11 is 0. The predicted octanol–water partition coefficient (Wildman–Crippen LogP) is -1.000. The molecule has 15 heavy (non-hydrogen) atoms. The summed E-state index contributed by atoms with van der Waals surface area (Å²) in [6.07, 6.45) is 1.18. The molecule has 0 amide bonds. The second-order valence-corrected chi connectivity index (χ2v) is 6.69. The highest BCUT2D eigenvalue weighted by atomic mass is 32.2. The van der Waals surface area contributed by atoms with Crippen LogP contribution in [0.25, 0.3) is 0 Å². The van der Waals surface area contributed by atoms with E-state index in [1.54, 1.807) is 13.8 Å². The number of rotatable bonds is 7. The van der Waals surface area contributed by atoms with Gasteiger partial charge in [-0.1, -0.05) is 6.92 Å². The Morgan fingerprint density at radius 1 is 1.33 bits per heavy atom. The molecule has 0 spiro atoms. The molecular formula is C9H21NO4S. The number of aliphatic hydroxyl groups excluding tert-OH is 2. The first-order chi connectivity index (χ1) is 6.72. The molecular weight excluding hydrogens is 218 g/mol. The van der Waals surface area contributed by atoms with Crippen molar-refractivity contribution in [1.82, 2.24) is 5.32 Å². The molecule has 0 aliphatic rings. The van der Waals surface area contributed by atoms with Gasteiger partial charge >= 0.3 is 0 Å². The minimum Gasteiger partial charge on any atom is -0.396 e. The van der Waals surface area contributed by atoms with Crippen LogP contribution in [-0.2, 0) is 9.84 Å². The molecule has 0 heterocycles. The highest BCUT2D eigenvalue weighted by molar-refractivity contribution is 7.90. The van der Waals surface area contributed by atoms with E-state index in [0.717, 1.165) is 0 Å². The largest absolute Gasteiger partial charge is 0.396 e. The second kappa shape index (κ2) is 5.79. The van der Waals surface area contributed by atoms with Gasteiger partial charge in [-0.05, 0) is 6.92 Å². The fourth-order valence-corrected chi connectivity index (χ4v) is 2.12. The van der Waals surface area contributed by atoms with Crippen molar-refractivity contribution in [2.45, 2.75) is 19.9 Å². The first-order valence-electron chi connectivity index (χ1n) is 4.85. The quantitative estimate of drug-likeness (QED) is 0.530. The fourth-order valence-electron chi connectivity index (χ4n) is 1.10. The van der Waals surface area contributed by atoms with Gasteiger partial charge in [-0.25, -0.2) is 8.42 Å². The molecule has 1 unspecified atom stereocenters. The van der Waals surface area contributed by atoms with Crippen molar-refractivity contribution < 1.29 is 18.6 Å². The summed E-state index contributed by atoms with van der Waals surface area (Å²) in [5.41, 5.74) is -0.605. The van der Waals surface area contributed by atoms with Gasteiger partial charge in [0.1, 0.15) is 9.84 Å². The molecule has 0 aliphatic carbocycles. The first-order valence-corrected chi connectivity index (χ1v) is 6.91. The Hall–Kier alpha value is -0.170. The number of hydrogen-bond donors (Lipinski definition) is 3. The van der Waals surface area contributed by atoms with Gasteiger partial charge in [0.15, 0.2) is 0 Å². The molecule has 0 aliphatic heterocycles. The highest BCUT2D eigenvalue weighted by Gasteiger charge is 2.23. The maximum Gasteiger partial charge on any atom is 0.148 e. The Kier molecular flexibility index (Phi) is 5.72. The monoisotopic (exact) mass is 239 g/mol. The summed E-state index contributed by atoms with van der Waals surface area (Å²) in [6.45, 7) is 3.60. The predicted molar refractivity (Wildman–Crippen MR) is 59.5 cm³/mol. The van der Waals surface area contributed by atoms with E-state index in [9.17, 15) is 8.42 Å². The fraction of sp³-hybridized carbons (Fsp3) is 1.00. The third-order valence-corrected chi connectivity index (χ3v) is 3.30. The molecule has 0 fully saturated rings. The summed E-state index contributed by atoms with van der Waals surface area (Å²) in [4.78, 5) is 0. The molecule has 0 aromatic carbocycles. The molecule has 0 aromatic rings. The lowest BCUT2D eigenvalue weighted by molar-refractivity contribution is 0.0683. The first kappa shape index (κ1) is 14.8. The van der Waals surface area contributed by atoms with Crippen molar-refractivity contribution in [2.75, 3.05) is 31.8 Å². The Labute approximate surface area is 91.4 Å². The van der Waals surface area contributed by atoms with Gasteiger partial charge in [0.05, 0.1) is 19.0 Å². The van der Waals surface area contributed by atoms with E-state index in [4.69, 9.17) is 10.2 Å². The lowest BCUT2D eigenvalue weighted by atomic mass is 9.93. The topological polar surface area (TPSA) is 86.6 Å². The van der Waals surface area contributed by atoms with Crippen LogP contribution in [0.1, 0.15) is 13.8 Å². The van der Waals surface area contributed by atoms with Gasteiger partial charge in [-0.2, -0.15) is 0 Å². The standard InChI is InChI=1S/C9H21NO4S/c1-8(4-15(3,13)14)10-5-9(2,6-11)7-12/h8,10-12H,4-7H2,1-3H3. The van der Waals surface area contributed by atoms with Gasteiger partial charge in [0, 0.05) is 24.3 Å². The summed E-state index contributed by atoms with van der Waals surface area (Å²) in [5, 5.41) is 21.0. The zero-order valence-electron chi connectivity index (χ0n) is 9.52. The van der Waals surface area contributed by atoms with E-state index in [1.807, 2.05) is 0 Å². The third kappa shape index (κ3) is 6.83. The number of hydrogen-bond acceptors (Lipinski definition) is 5. The van der Waals surface area contributed by atoms with Gasteiger partial charge < -0.3 is 15.5 Å². The van der Waals surface area contributed by atoms with E-state index < -0.39 is 15.3 Å². The van der Waals surface area contributed by atoms with Crippen molar-refractivity contribution in [3.05, 3.63) is 0 Å². The number of aliphatic hydroxyl groups is 2. The Balaban J connectivity index is 4.05. The van der Waals surface area contributed by atoms with Crippen molar-refractivity contribution in [3.63, 3.8) is 0 Å². The van der Waals surface area contributed by atoms with Crippen LogP contribution in [0.2, 0.25) is 0 Å². The number of nitrogens with one attached hydrogen (secondary N) is 1. The zero-order chi connectivity index (χ0) is 12.1. The number of sulfone groups is 1. The van der Waals surface area contributed by atoms with Crippen molar-refractivity contribution in [1.29, 1.82) is 0 Å². The van der Waals surface area contributed by atoms with Gasteiger partial charge in [0.2, 0.25) is 0 Å². The average Bonchev–Trinajstić information content (AvgIpc) is 2.12. The lowest BCUT2D eigenvalue weighted by Gasteiger charge is -2.26. The van der Waals surface area contributed by atoms with E-state index >= 15 is 0 Å². The maximum absolute atomic E-state index is 11.0. The molecule has 0 saturated heterocycles. The van der Waals surface area contributed by atoms with Crippen LogP contribution < -0.4 is 5.32 Å². The van der Waals surface area contributed by atoms with Gasteiger partial charge in [-0.3, -0.25) is 0 Å². The van der Waals surface area contributed by atoms with Gasteiger partial charge in [-0.15, -0.1) is 0 Å². The summed E-state index contributed by atoms with van der Waals surface area (Å²) in [6, 6.07) is -0.183. The minimum atomic E-state index is -2.99. The smallest absolute Gasteiger partial charge is 0.148 e. The third-order valence-electron chi connectivity index (χ3n) is 2.19.